The van der Waals surface area contributed by atoms with Gasteiger partial charge in [-0.3, -0.25) is 14.5 Å². The normalized spacial score (nSPS) is 15.8. The van der Waals surface area contributed by atoms with Gasteiger partial charge in [-0.15, -0.1) is 12.4 Å². The fourth-order valence-corrected chi connectivity index (χ4v) is 4.06. The predicted octanol–water partition coefficient (Wildman–Crippen LogP) is 2.69. The Morgan fingerprint density at radius 2 is 2.12 bits per heavy atom. The minimum atomic E-state index is -0.673. The molecule has 5 rings (SSSR count). The number of primary amides is 1. The van der Waals surface area contributed by atoms with Gasteiger partial charge in [-0.2, -0.15) is 5.10 Å². The fourth-order valence-electron chi connectivity index (χ4n) is 4.06. The first-order valence-electron chi connectivity index (χ1n) is 10.0. The molecule has 0 spiro atoms. The number of aliphatic hydroxyl groups is 1. The lowest BCUT2D eigenvalue weighted by molar-refractivity contribution is 0.0996. The van der Waals surface area contributed by atoms with Crippen LogP contribution < -0.4 is 10.6 Å². The van der Waals surface area contributed by atoms with Crippen molar-refractivity contribution in [2.75, 3.05) is 18.0 Å². The van der Waals surface area contributed by atoms with E-state index in [-0.39, 0.29) is 18.1 Å². The standard InChI is InChI=1S/C22H22N6O3.ClH/c1-12-7-13(3-5-24-12)22-26-19(21(23)30)20(31-22)16-9-17-14(10-25-27(17)2)8-18(16)28-6-4-15(29)11-28;/h3,5,7-10,15,29H,4,6,11H2,1-2H3,(H2,23,30);1H. The number of β-amino-alcohol motifs (C(OH)–C–C–N with tert-alkyl or cyclic N) is 1. The Balaban J connectivity index is 0.00000245. The lowest BCUT2D eigenvalue weighted by atomic mass is 10.0. The number of halogens is 1. The summed E-state index contributed by atoms with van der Waals surface area (Å²) in [6.07, 6.45) is 3.72. The summed E-state index contributed by atoms with van der Waals surface area (Å²) in [5.41, 5.74) is 9.66. The highest BCUT2D eigenvalue weighted by molar-refractivity contribution is 6.01. The number of anilines is 1. The Morgan fingerprint density at radius 3 is 2.81 bits per heavy atom. The summed E-state index contributed by atoms with van der Waals surface area (Å²) in [5.74, 6) is -0.0726. The molecular weight excluding hydrogens is 432 g/mol. The fraction of sp³-hybridized carbons (Fsp3) is 0.273. The Bertz CT molecular complexity index is 1310. The summed E-state index contributed by atoms with van der Waals surface area (Å²) in [7, 11) is 1.85. The molecule has 1 unspecified atom stereocenters. The van der Waals surface area contributed by atoms with Crippen LogP contribution in [0.2, 0.25) is 0 Å². The van der Waals surface area contributed by atoms with Crippen molar-refractivity contribution in [2.24, 2.45) is 12.8 Å². The summed E-state index contributed by atoms with van der Waals surface area (Å²) in [6.45, 7) is 3.06. The van der Waals surface area contributed by atoms with E-state index < -0.39 is 12.0 Å². The maximum atomic E-state index is 12.3. The van der Waals surface area contributed by atoms with Crippen LogP contribution in [0.25, 0.3) is 33.7 Å². The summed E-state index contributed by atoms with van der Waals surface area (Å²) < 4.78 is 7.90. The van der Waals surface area contributed by atoms with Gasteiger partial charge in [-0.05, 0) is 37.6 Å². The second-order valence-electron chi connectivity index (χ2n) is 7.83. The average Bonchev–Trinajstić information content (AvgIpc) is 3.46. The number of amides is 1. The topological polar surface area (TPSA) is 123 Å². The van der Waals surface area contributed by atoms with Crippen LogP contribution in [0, 0.1) is 6.92 Å². The number of fused-ring (bicyclic) bond motifs is 1. The predicted molar refractivity (Wildman–Crippen MR) is 123 cm³/mol. The van der Waals surface area contributed by atoms with E-state index in [9.17, 15) is 9.90 Å². The first-order valence-corrected chi connectivity index (χ1v) is 10.0. The molecule has 1 aliphatic heterocycles. The summed E-state index contributed by atoms with van der Waals surface area (Å²) >= 11 is 0. The van der Waals surface area contributed by atoms with Gasteiger partial charge < -0.3 is 20.2 Å². The molecule has 0 saturated carbocycles. The second kappa shape index (κ2) is 8.25. The third-order valence-corrected chi connectivity index (χ3v) is 5.62. The number of hydrogen-bond donors (Lipinski definition) is 2. The van der Waals surface area contributed by atoms with E-state index in [1.807, 2.05) is 32.2 Å². The molecule has 3 N–H and O–H groups in total. The Kier molecular flexibility index (Phi) is 5.62. The molecule has 1 saturated heterocycles. The van der Waals surface area contributed by atoms with Crippen LogP contribution in [0.4, 0.5) is 5.69 Å². The SMILES string of the molecule is Cc1cc(-c2nc(C(N)=O)c(-c3cc4c(cnn4C)cc3N3CCC(O)C3)o2)ccn1.Cl. The van der Waals surface area contributed by atoms with Crippen LogP contribution in [-0.2, 0) is 7.05 Å². The highest BCUT2D eigenvalue weighted by Crippen LogP contribution is 2.39. The molecule has 10 heteroatoms. The van der Waals surface area contributed by atoms with E-state index in [4.69, 9.17) is 10.2 Å². The molecule has 32 heavy (non-hydrogen) atoms. The largest absolute Gasteiger partial charge is 0.435 e. The number of hydrogen-bond acceptors (Lipinski definition) is 7. The van der Waals surface area contributed by atoms with Gasteiger partial charge in [-0.25, -0.2) is 4.98 Å². The summed E-state index contributed by atoms with van der Waals surface area (Å²) in [6, 6.07) is 7.54. The number of aromatic nitrogens is 4. The minimum Gasteiger partial charge on any atom is -0.435 e. The number of carbonyl (C=O) groups is 1. The molecule has 9 nitrogen and oxygen atoms in total. The summed E-state index contributed by atoms with van der Waals surface area (Å²) in [5, 5.41) is 15.4. The van der Waals surface area contributed by atoms with Crippen LogP contribution in [0.1, 0.15) is 22.6 Å². The number of aryl methyl sites for hydroxylation is 2. The van der Waals surface area contributed by atoms with Gasteiger partial charge in [0.15, 0.2) is 11.5 Å². The van der Waals surface area contributed by atoms with E-state index in [1.165, 1.54) is 0 Å². The number of carbonyl (C=O) groups excluding carboxylic acids is 1. The van der Waals surface area contributed by atoms with E-state index >= 15 is 0 Å². The number of pyridine rings is 1. The molecule has 1 aliphatic rings. The van der Waals surface area contributed by atoms with Crippen LogP contribution in [-0.4, -0.2) is 50.0 Å². The van der Waals surface area contributed by atoms with Crippen LogP contribution in [0.3, 0.4) is 0 Å². The number of oxazole rings is 1. The third kappa shape index (κ3) is 3.69. The van der Waals surface area contributed by atoms with Crippen molar-refractivity contribution in [1.82, 2.24) is 19.7 Å². The van der Waals surface area contributed by atoms with Gasteiger partial charge in [0.25, 0.3) is 5.91 Å². The zero-order chi connectivity index (χ0) is 21.7. The first-order chi connectivity index (χ1) is 14.9. The van der Waals surface area contributed by atoms with Gasteiger partial charge in [-0.1, -0.05) is 0 Å². The van der Waals surface area contributed by atoms with Crippen molar-refractivity contribution in [2.45, 2.75) is 19.4 Å². The van der Waals surface area contributed by atoms with Crippen molar-refractivity contribution in [3.8, 4) is 22.8 Å². The van der Waals surface area contributed by atoms with Crippen LogP contribution in [0.5, 0.6) is 0 Å². The Labute approximate surface area is 190 Å². The molecule has 0 bridgehead atoms. The van der Waals surface area contributed by atoms with E-state index in [0.717, 1.165) is 22.3 Å². The number of nitrogens with zero attached hydrogens (tertiary/aromatic N) is 5. The molecule has 166 valence electrons. The van der Waals surface area contributed by atoms with Crippen molar-refractivity contribution < 1.29 is 14.3 Å². The smallest absolute Gasteiger partial charge is 0.271 e. The molecule has 1 aromatic carbocycles. The van der Waals surface area contributed by atoms with Crippen molar-refractivity contribution in [1.29, 1.82) is 0 Å². The maximum absolute atomic E-state index is 12.3. The van der Waals surface area contributed by atoms with E-state index in [1.54, 1.807) is 23.1 Å². The first kappa shape index (κ1) is 21.8. The molecule has 1 atom stereocenters. The molecular formula is C22H23ClN6O3. The Hall–Kier alpha value is -3.43. The van der Waals surface area contributed by atoms with Crippen LogP contribution in [0.15, 0.2) is 41.1 Å². The van der Waals surface area contributed by atoms with Crippen LogP contribution >= 0.6 is 12.4 Å². The molecule has 0 radical (unpaired) electrons. The lowest BCUT2D eigenvalue weighted by Crippen LogP contribution is -2.22. The van der Waals surface area contributed by atoms with Crippen molar-refractivity contribution in [3.05, 3.63) is 48.0 Å². The van der Waals surface area contributed by atoms with Crippen molar-refractivity contribution >= 4 is 34.9 Å². The Morgan fingerprint density at radius 1 is 1.31 bits per heavy atom. The molecule has 3 aromatic heterocycles. The number of aliphatic hydroxyl groups excluding tert-OH is 1. The molecule has 1 amide bonds. The number of benzene rings is 1. The molecule has 4 aromatic rings. The number of rotatable bonds is 4. The maximum Gasteiger partial charge on any atom is 0.271 e. The van der Waals surface area contributed by atoms with Gasteiger partial charge in [0, 0.05) is 54.2 Å². The van der Waals surface area contributed by atoms with Gasteiger partial charge in [0.1, 0.15) is 0 Å². The third-order valence-electron chi connectivity index (χ3n) is 5.62. The quantitative estimate of drug-likeness (QED) is 0.485. The summed E-state index contributed by atoms with van der Waals surface area (Å²) in [4.78, 5) is 23.0. The minimum absolute atomic E-state index is 0. The lowest BCUT2D eigenvalue weighted by Gasteiger charge is -2.21. The highest BCUT2D eigenvalue weighted by atomic mass is 35.5. The highest BCUT2D eigenvalue weighted by Gasteiger charge is 2.28. The van der Waals surface area contributed by atoms with Gasteiger partial charge in [0.05, 0.1) is 17.8 Å². The zero-order valence-corrected chi connectivity index (χ0v) is 18.5. The van der Waals surface area contributed by atoms with Crippen molar-refractivity contribution in [3.63, 3.8) is 0 Å². The van der Waals surface area contributed by atoms with E-state index in [2.05, 4.69) is 20.0 Å². The number of nitrogens with two attached hydrogens (primary N) is 1. The van der Waals surface area contributed by atoms with E-state index in [0.29, 0.717) is 42.3 Å². The van der Waals surface area contributed by atoms with Gasteiger partial charge >= 0.3 is 0 Å². The monoisotopic (exact) mass is 454 g/mol. The molecule has 0 aliphatic carbocycles. The average molecular weight is 455 g/mol. The van der Waals surface area contributed by atoms with Gasteiger partial charge in [0.2, 0.25) is 5.89 Å². The molecule has 4 heterocycles. The zero-order valence-electron chi connectivity index (χ0n) is 17.6. The molecule has 1 fully saturated rings. The second-order valence-corrected chi connectivity index (χ2v) is 7.83.